The molecule has 2 unspecified atom stereocenters. The minimum absolute atomic E-state index is 0.267. The summed E-state index contributed by atoms with van der Waals surface area (Å²) < 4.78 is 7.39. The van der Waals surface area contributed by atoms with Gasteiger partial charge in [-0.05, 0) is 12.8 Å². The number of aromatic nitrogens is 3. The molecule has 0 aliphatic heterocycles. The third-order valence-corrected chi connectivity index (χ3v) is 3.28. The van der Waals surface area contributed by atoms with Gasteiger partial charge in [0.15, 0.2) is 0 Å². The summed E-state index contributed by atoms with van der Waals surface area (Å²) >= 11 is 5.70. The molecule has 1 heterocycles. The second-order valence-electron chi connectivity index (χ2n) is 3.95. The number of ether oxygens (including phenoxy) is 1. The fourth-order valence-electron chi connectivity index (χ4n) is 2.19. The van der Waals surface area contributed by atoms with Crippen LogP contribution >= 0.6 is 11.6 Å². The number of methoxy groups -OCH3 is 1. The Morgan fingerprint density at radius 1 is 1.53 bits per heavy atom. The molecule has 0 N–H and O–H groups in total. The van der Waals surface area contributed by atoms with Crippen LogP contribution in [0.4, 0.5) is 0 Å². The fourth-order valence-corrected chi connectivity index (χ4v) is 2.31. The van der Waals surface area contributed by atoms with Gasteiger partial charge in [-0.1, -0.05) is 18.1 Å². The first-order valence-electron chi connectivity index (χ1n) is 5.34. The van der Waals surface area contributed by atoms with Crippen LogP contribution in [-0.4, -0.2) is 28.2 Å². The minimum Gasteiger partial charge on any atom is -0.379 e. The Labute approximate surface area is 94.6 Å². The summed E-state index contributed by atoms with van der Waals surface area (Å²) in [6, 6.07) is 0.327. The molecule has 1 saturated carbocycles. The highest BCUT2D eigenvalue weighted by atomic mass is 35.5. The quantitative estimate of drug-likeness (QED) is 0.746. The molecule has 5 heteroatoms. The van der Waals surface area contributed by atoms with E-state index in [0.29, 0.717) is 11.9 Å². The highest BCUT2D eigenvalue weighted by Crippen LogP contribution is 2.29. The largest absolute Gasteiger partial charge is 0.379 e. The monoisotopic (exact) mass is 229 g/mol. The Balaban J connectivity index is 2.12. The van der Waals surface area contributed by atoms with Crippen LogP contribution in [0.3, 0.4) is 0 Å². The Kier molecular flexibility index (Phi) is 3.59. The van der Waals surface area contributed by atoms with E-state index in [2.05, 4.69) is 10.3 Å². The van der Waals surface area contributed by atoms with Crippen molar-refractivity contribution in [2.24, 2.45) is 0 Å². The van der Waals surface area contributed by atoms with Crippen LogP contribution in [0, 0.1) is 0 Å². The molecule has 4 nitrogen and oxygen atoms in total. The molecule has 1 aromatic heterocycles. The molecule has 0 saturated heterocycles. The summed E-state index contributed by atoms with van der Waals surface area (Å²) in [6.45, 7) is 0. The van der Waals surface area contributed by atoms with Crippen molar-refractivity contribution in [3.63, 3.8) is 0 Å². The number of hydrogen-bond donors (Lipinski definition) is 0. The van der Waals surface area contributed by atoms with Crippen molar-refractivity contribution in [1.82, 2.24) is 15.0 Å². The third kappa shape index (κ3) is 2.32. The number of nitrogens with zero attached hydrogens (tertiary/aromatic N) is 3. The second kappa shape index (κ2) is 4.94. The molecule has 2 rings (SSSR count). The molecule has 2 atom stereocenters. The van der Waals surface area contributed by atoms with Gasteiger partial charge >= 0.3 is 0 Å². The normalized spacial score (nSPS) is 26.8. The molecule has 1 aliphatic carbocycles. The van der Waals surface area contributed by atoms with Gasteiger partial charge in [-0.15, -0.1) is 16.7 Å². The molecular weight excluding hydrogens is 214 g/mol. The van der Waals surface area contributed by atoms with E-state index in [1.54, 1.807) is 7.11 Å². The number of hydrogen-bond acceptors (Lipinski definition) is 3. The van der Waals surface area contributed by atoms with Gasteiger partial charge in [0.25, 0.3) is 0 Å². The van der Waals surface area contributed by atoms with E-state index in [0.717, 1.165) is 18.5 Å². The standard InChI is InChI=1S/C10H16ClN3O/c1-15-10-5-3-2-4-9(10)14-7-8(6-11)12-13-14/h7,9-10H,2-6H2,1H3. The van der Waals surface area contributed by atoms with Gasteiger partial charge in [-0.25, -0.2) is 4.68 Å². The fraction of sp³-hybridized carbons (Fsp3) is 0.800. The van der Waals surface area contributed by atoms with Crippen molar-refractivity contribution >= 4 is 11.6 Å². The molecule has 1 aliphatic rings. The lowest BCUT2D eigenvalue weighted by atomic mass is 9.92. The highest BCUT2D eigenvalue weighted by molar-refractivity contribution is 6.16. The van der Waals surface area contributed by atoms with E-state index in [1.807, 2.05) is 10.9 Å². The van der Waals surface area contributed by atoms with Crippen LogP contribution in [0.5, 0.6) is 0 Å². The molecule has 1 fully saturated rings. The van der Waals surface area contributed by atoms with Crippen LogP contribution in [0.25, 0.3) is 0 Å². The lowest BCUT2D eigenvalue weighted by Gasteiger charge is -2.29. The van der Waals surface area contributed by atoms with E-state index < -0.39 is 0 Å². The zero-order valence-corrected chi connectivity index (χ0v) is 9.65. The SMILES string of the molecule is COC1CCCCC1n1cc(CCl)nn1. The Bertz CT molecular complexity index is 315. The van der Waals surface area contributed by atoms with Gasteiger partial charge in [0, 0.05) is 7.11 Å². The maximum absolute atomic E-state index is 5.70. The first kappa shape index (κ1) is 10.9. The summed E-state index contributed by atoms with van der Waals surface area (Å²) in [7, 11) is 1.77. The number of halogens is 1. The van der Waals surface area contributed by atoms with Crippen molar-refractivity contribution < 1.29 is 4.74 Å². The summed E-state index contributed by atoms with van der Waals surface area (Å²) in [6.07, 6.45) is 6.89. The third-order valence-electron chi connectivity index (χ3n) is 3.00. The zero-order valence-electron chi connectivity index (χ0n) is 8.90. The first-order valence-corrected chi connectivity index (χ1v) is 5.88. The van der Waals surface area contributed by atoms with Gasteiger partial charge < -0.3 is 4.74 Å². The van der Waals surface area contributed by atoms with Crippen molar-refractivity contribution in [3.05, 3.63) is 11.9 Å². The predicted octanol–water partition coefficient (Wildman–Crippen LogP) is 2.15. The predicted molar refractivity (Wildman–Crippen MR) is 57.9 cm³/mol. The van der Waals surface area contributed by atoms with Crippen molar-refractivity contribution in [1.29, 1.82) is 0 Å². The van der Waals surface area contributed by atoms with Crippen molar-refractivity contribution in [2.45, 2.75) is 43.7 Å². The molecule has 0 bridgehead atoms. The number of rotatable bonds is 3. The topological polar surface area (TPSA) is 39.9 Å². The average molecular weight is 230 g/mol. The Hall–Kier alpha value is -0.610. The molecule has 0 spiro atoms. The summed E-state index contributed by atoms with van der Waals surface area (Å²) in [4.78, 5) is 0. The first-order chi connectivity index (χ1) is 7.35. The van der Waals surface area contributed by atoms with Gasteiger partial charge in [-0.2, -0.15) is 0 Å². The lowest BCUT2D eigenvalue weighted by molar-refractivity contribution is 0.0239. The lowest BCUT2D eigenvalue weighted by Crippen LogP contribution is -2.29. The number of alkyl halides is 1. The maximum atomic E-state index is 5.70. The summed E-state index contributed by atoms with van der Waals surface area (Å²) in [5.74, 6) is 0.421. The molecule has 84 valence electrons. The molecule has 0 radical (unpaired) electrons. The molecular formula is C10H16ClN3O. The molecule has 15 heavy (non-hydrogen) atoms. The molecule has 1 aromatic rings. The van der Waals surface area contributed by atoms with Crippen LogP contribution in [-0.2, 0) is 10.6 Å². The molecule has 0 amide bonds. The van der Waals surface area contributed by atoms with Gasteiger partial charge in [0.1, 0.15) is 0 Å². The van der Waals surface area contributed by atoms with Crippen molar-refractivity contribution in [2.75, 3.05) is 7.11 Å². The zero-order chi connectivity index (χ0) is 10.7. The maximum Gasteiger partial charge on any atom is 0.0974 e. The minimum atomic E-state index is 0.267. The van der Waals surface area contributed by atoms with E-state index >= 15 is 0 Å². The van der Waals surface area contributed by atoms with E-state index in [4.69, 9.17) is 16.3 Å². The Morgan fingerprint density at radius 3 is 3.00 bits per heavy atom. The van der Waals surface area contributed by atoms with Crippen LogP contribution in [0.15, 0.2) is 6.20 Å². The Morgan fingerprint density at radius 2 is 2.33 bits per heavy atom. The second-order valence-corrected chi connectivity index (χ2v) is 4.22. The average Bonchev–Trinajstić information content (AvgIpc) is 2.77. The van der Waals surface area contributed by atoms with Crippen LogP contribution < -0.4 is 0 Å². The van der Waals surface area contributed by atoms with Gasteiger partial charge in [0.2, 0.25) is 0 Å². The van der Waals surface area contributed by atoms with E-state index in [1.165, 1.54) is 12.8 Å². The van der Waals surface area contributed by atoms with Gasteiger partial charge in [0.05, 0.1) is 29.9 Å². The van der Waals surface area contributed by atoms with E-state index in [9.17, 15) is 0 Å². The van der Waals surface area contributed by atoms with E-state index in [-0.39, 0.29) is 6.10 Å². The smallest absolute Gasteiger partial charge is 0.0974 e. The van der Waals surface area contributed by atoms with Crippen LogP contribution in [0.2, 0.25) is 0 Å². The van der Waals surface area contributed by atoms with Crippen molar-refractivity contribution in [3.8, 4) is 0 Å². The highest BCUT2D eigenvalue weighted by Gasteiger charge is 2.27. The summed E-state index contributed by atoms with van der Waals surface area (Å²) in [5, 5.41) is 8.12. The van der Waals surface area contributed by atoms with Crippen LogP contribution in [0.1, 0.15) is 37.4 Å². The van der Waals surface area contributed by atoms with Gasteiger partial charge in [-0.3, -0.25) is 0 Å². The summed E-state index contributed by atoms with van der Waals surface area (Å²) in [5.41, 5.74) is 0.831. The molecule has 0 aromatic carbocycles.